The Balaban J connectivity index is 1.32. The molecule has 1 saturated carbocycles. The lowest BCUT2D eigenvalue weighted by atomic mass is 9.90. The number of anilines is 3. The van der Waals surface area contributed by atoms with Gasteiger partial charge in [-0.1, -0.05) is 50.6 Å². The second-order valence-corrected chi connectivity index (χ2v) is 13.0. The SMILES string of the molecule is CCc1cc(-c2ccc(N(c3ccccc3Cl)[SH](=O)=O)c(F)c2)cc2cnc(NC3CCC(NC(=O)[C@@H](N)C(C)C)CC3)nc12. The maximum absolute atomic E-state index is 15.5. The first kappa shape index (κ1) is 32.6. The molecule has 0 saturated heterocycles. The molecule has 0 aliphatic heterocycles. The maximum atomic E-state index is 15.5. The summed E-state index contributed by atoms with van der Waals surface area (Å²) in [6, 6.07) is 14.5. The van der Waals surface area contributed by atoms with Crippen LogP contribution in [0.5, 0.6) is 0 Å². The number of nitrogens with one attached hydrogen (secondary N) is 2. The fourth-order valence-corrected chi connectivity index (χ4v) is 6.64. The molecule has 4 aromatic rings. The van der Waals surface area contributed by atoms with Crippen LogP contribution in [-0.2, 0) is 22.1 Å². The van der Waals surface area contributed by atoms with Gasteiger partial charge < -0.3 is 16.4 Å². The van der Waals surface area contributed by atoms with E-state index in [1.807, 2.05) is 32.9 Å². The fourth-order valence-electron chi connectivity index (χ4n) is 5.68. The van der Waals surface area contributed by atoms with Crippen molar-refractivity contribution in [3.8, 4) is 11.1 Å². The largest absolute Gasteiger partial charge is 0.352 e. The molecule has 12 heteroatoms. The molecule has 4 N–H and O–H groups in total. The van der Waals surface area contributed by atoms with Gasteiger partial charge in [0, 0.05) is 23.7 Å². The number of thiol groups is 1. The van der Waals surface area contributed by atoms with Crippen molar-refractivity contribution in [1.29, 1.82) is 0 Å². The fraction of sp³-hybridized carbons (Fsp3) is 0.364. The molecule has 3 aromatic carbocycles. The van der Waals surface area contributed by atoms with Crippen molar-refractivity contribution in [2.45, 2.75) is 71.0 Å². The van der Waals surface area contributed by atoms with E-state index in [2.05, 4.69) is 15.6 Å². The van der Waals surface area contributed by atoms with Gasteiger partial charge >= 0.3 is 0 Å². The van der Waals surface area contributed by atoms with Gasteiger partial charge in [0.25, 0.3) is 0 Å². The van der Waals surface area contributed by atoms with Crippen LogP contribution in [0.2, 0.25) is 5.02 Å². The van der Waals surface area contributed by atoms with E-state index in [0.717, 1.165) is 52.0 Å². The first-order valence-electron chi connectivity index (χ1n) is 15.2. The van der Waals surface area contributed by atoms with Crippen LogP contribution in [0.1, 0.15) is 52.0 Å². The summed E-state index contributed by atoms with van der Waals surface area (Å²) < 4.78 is 40.6. The first-order chi connectivity index (χ1) is 21.5. The molecule has 45 heavy (non-hydrogen) atoms. The quantitative estimate of drug-likeness (QED) is 0.151. The van der Waals surface area contributed by atoms with Crippen LogP contribution in [0.4, 0.5) is 21.7 Å². The molecular formula is C33H38ClFN6O3S. The molecule has 1 aromatic heterocycles. The average Bonchev–Trinajstić information content (AvgIpc) is 3.02. The number of fused-ring (bicyclic) bond motifs is 1. The van der Waals surface area contributed by atoms with Crippen molar-refractivity contribution in [3.63, 3.8) is 0 Å². The zero-order valence-electron chi connectivity index (χ0n) is 25.5. The van der Waals surface area contributed by atoms with Gasteiger partial charge in [-0.2, -0.15) is 0 Å². The van der Waals surface area contributed by atoms with E-state index in [-0.39, 0.29) is 40.3 Å². The minimum Gasteiger partial charge on any atom is -0.352 e. The highest BCUT2D eigenvalue weighted by Gasteiger charge is 2.26. The number of hydrogen-bond acceptors (Lipinski definition) is 7. The lowest BCUT2D eigenvalue weighted by molar-refractivity contribution is -0.124. The van der Waals surface area contributed by atoms with Crippen molar-refractivity contribution in [2.75, 3.05) is 9.62 Å². The molecule has 1 amide bonds. The zero-order valence-corrected chi connectivity index (χ0v) is 27.1. The Labute approximate surface area is 269 Å². The first-order valence-corrected chi connectivity index (χ1v) is 16.7. The third-order valence-corrected chi connectivity index (χ3v) is 9.40. The topological polar surface area (TPSA) is 130 Å². The van der Waals surface area contributed by atoms with Crippen molar-refractivity contribution < 1.29 is 17.6 Å². The lowest BCUT2D eigenvalue weighted by Crippen LogP contribution is -2.49. The normalized spacial score (nSPS) is 17.4. The summed E-state index contributed by atoms with van der Waals surface area (Å²) in [6.07, 6.45) is 5.90. The highest BCUT2D eigenvalue weighted by Crippen LogP contribution is 2.36. The van der Waals surface area contributed by atoms with Gasteiger partial charge in [-0.3, -0.25) is 4.79 Å². The van der Waals surface area contributed by atoms with Gasteiger partial charge in [-0.05, 0) is 91.1 Å². The van der Waals surface area contributed by atoms with Gasteiger partial charge in [0.05, 0.1) is 28.0 Å². The van der Waals surface area contributed by atoms with Crippen molar-refractivity contribution in [1.82, 2.24) is 15.3 Å². The molecule has 0 unspecified atom stereocenters. The molecule has 5 rings (SSSR count). The van der Waals surface area contributed by atoms with Crippen LogP contribution in [0.15, 0.2) is 60.8 Å². The highest BCUT2D eigenvalue weighted by atomic mass is 35.5. The molecule has 1 heterocycles. The Bertz CT molecular complexity index is 1770. The van der Waals surface area contributed by atoms with Crippen LogP contribution in [0.25, 0.3) is 22.0 Å². The number of aromatic nitrogens is 2. The Morgan fingerprint density at radius 3 is 2.40 bits per heavy atom. The number of rotatable bonds is 10. The van der Waals surface area contributed by atoms with E-state index in [9.17, 15) is 13.2 Å². The van der Waals surface area contributed by atoms with Gasteiger partial charge in [-0.25, -0.2) is 27.1 Å². The maximum Gasteiger partial charge on any atom is 0.237 e. The standard InChI is InChI=1S/C33H38ClFN6O3S/c1-4-20-15-22(21-9-14-29(27(35)17-21)41(45(43)44)28-8-6-5-7-26(28)34)16-23-18-37-33(40-31(20)23)39-25-12-10-24(11-13-25)38-32(42)30(36)19(2)3/h5-9,14-19,24-25,30,45H,4,10-13,36H2,1-3H3,(H,38,42)(H,37,39,40)/t24?,25?,30-/m0/s1. The number of halogens is 2. The summed E-state index contributed by atoms with van der Waals surface area (Å²) in [5.41, 5.74) is 9.20. The monoisotopic (exact) mass is 652 g/mol. The second kappa shape index (κ2) is 14.1. The average molecular weight is 653 g/mol. The highest BCUT2D eigenvalue weighted by molar-refractivity contribution is 7.74. The summed E-state index contributed by atoms with van der Waals surface area (Å²) in [6.45, 7) is 5.91. The summed E-state index contributed by atoms with van der Waals surface area (Å²) in [5.74, 6) is -0.158. The molecule has 1 aliphatic carbocycles. The Hall–Kier alpha value is -3.80. The van der Waals surface area contributed by atoms with Gasteiger partial charge in [0.1, 0.15) is 5.82 Å². The molecular weight excluding hydrogens is 615 g/mol. The molecule has 1 aliphatic rings. The van der Waals surface area contributed by atoms with Crippen molar-refractivity contribution >= 4 is 56.6 Å². The van der Waals surface area contributed by atoms with Crippen LogP contribution < -0.4 is 20.7 Å². The summed E-state index contributed by atoms with van der Waals surface area (Å²) in [4.78, 5) is 21.8. The summed E-state index contributed by atoms with van der Waals surface area (Å²) in [5, 5.41) is 7.56. The summed E-state index contributed by atoms with van der Waals surface area (Å²) >= 11 is 6.22. The number of benzene rings is 3. The zero-order chi connectivity index (χ0) is 32.2. The number of nitrogens with zero attached hydrogens (tertiary/aromatic N) is 3. The number of amides is 1. The third kappa shape index (κ3) is 7.37. The predicted molar refractivity (Wildman–Crippen MR) is 179 cm³/mol. The molecule has 238 valence electrons. The van der Waals surface area contributed by atoms with Crippen molar-refractivity contribution in [3.05, 3.63) is 77.2 Å². The van der Waals surface area contributed by atoms with Crippen LogP contribution in [0, 0.1) is 11.7 Å². The van der Waals surface area contributed by atoms with Gasteiger partial charge in [0.15, 0.2) is 0 Å². The van der Waals surface area contributed by atoms with E-state index < -0.39 is 22.7 Å². The smallest absolute Gasteiger partial charge is 0.237 e. The van der Waals surface area contributed by atoms with Crippen LogP contribution in [0.3, 0.4) is 0 Å². The van der Waals surface area contributed by atoms with E-state index in [1.165, 1.54) is 18.2 Å². The Morgan fingerprint density at radius 2 is 1.76 bits per heavy atom. The molecule has 9 nitrogen and oxygen atoms in total. The number of hydrogen-bond donors (Lipinski definition) is 4. The predicted octanol–water partition coefficient (Wildman–Crippen LogP) is 6.14. The van der Waals surface area contributed by atoms with Crippen molar-refractivity contribution in [2.24, 2.45) is 11.7 Å². The van der Waals surface area contributed by atoms with Crippen LogP contribution >= 0.6 is 11.6 Å². The number of para-hydroxylation sites is 1. The minimum absolute atomic E-state index is 0.0906. The number of carbonyl (C=O) groups is 1. The van der Waals surface area contributed by atoms with Gasteiger partial charge in [-0.15, -0.1) is 0 Å². The second-order valence-electron chi connectivity index (χ2n) is 11.8. The van der Waals surface area contributed by atoms with E-state index in [1.54, 1.807) is 30.5 Å². The molecule has 1 atom stereocenters. The van der Waals surface area contributed by atoms with E-state index in [4.69, 9.17) is 22.3 Å². The number of aryl methyl sites for hydroxylation is 1. The molecule has 1 fully saturated rings. The number of nitrogens with two attached hydrogens (primary N) is 1. The van der Waals surface area contributed by atoms with E-state index in [0.29, 0.717) is 17.9 Å². The van der Waals surface area contributed by atoms with Crippen LogP contribution in [-0.4, -0.2) is 42.4 Å². The number of carbonyl (C=O) groups excluding carboxylic acids is 1. The molecule has 0 spiro atoms. The Morgan fingerprint density at radius 1 is 1.04 bits per heavy atom. The molecule has 0 radical (unpaired) electrons. The van der Waals surface area contributed by atoms with E-state index >= 15 is 4.39 Å². The molecule has 0 bridgehead atoms. The third-order valence-electron chi connectivity index (χ3n) is 8.32. The Kier molecular flexibility index (Phi) is 10.2. The van der Waals surface area contributed by atoms with Gasteiger partial charge in [0.2, 0.25) is 22.7 Å². The summed E-state index contributed by atoms with van der Waals surface area (Å²) in [7, 11) is -3.20. The minimum atomic E-state index is -3.20. The lowest BCUT2D eigenvalue weighted by Gasteiger charge is -2.30.